The standard InChI is InChI=1S/C18H25F2N3O2/c1-11(13-8-9-15(19)16(20)10-13)21-12(2)17(24)23-18(25)22-14-6-4-3-5-7-14/h8-12,14,21H,3-7H2,1-2H3,(H2,22,23,24,25)/t11-,12-/m1/s1. The highest BCUT2D eigenvalue weighted by atomic mass is 19.2. The maximum absolute atomic E-state index is 13.3. The molecule has 0 aliphatic heterocycles. The number of nitrogens with one attached hydrogen (secondary N) is 3. The molecule has 138 valence electrons. The molecule has 0 bridgehead atoms. The summed E-state index contributed by atoms with van der Waals surface area (Å²) in [6.45, 7) is 3.35. The van der Waals surface area contributed by atoms with E-state index in [2.05, 4.69) is 16.0 Å². The first-order chi connectivity index (χ1) is 11.9. The summed E-state index contributed by atoms with van der Waals surface area (Å²) in [5.41, 5.74) is 0.519. The molecule has 2 rings (SSSR count). The summed E-state index contributed by atoms with van der Waals surface area (Å²) in [5, 5.41) is 8.10. The monoisotopic (exact) mass is 353 g/mol. The molecule has 0 spiro atoms. The van der Waals surface area contributed by atoms with Crippen LogP contribution < -0.4 is 16.0 Å². The fraction of sp³-hybridized carbons (Fsp3) is 0.556. The fourth-order valence-electron chi connectivity index (χ4n) is 3.02. The molecule has 3 amide bonds. The number of imide groups is 1. The van der Waals surface area contributed by atoms with E-state index in [4.69, 9.17) is 0 Å². The average Bonchev–Trinajstić information content (AvgIpc) is 2.57. The topological polar surface area (TPSA) is 70.2 Å². The Bertz CT molecular complexity index is 618. The van der Waals surface area contributed by atoms with Gasteiger partial charge in [0.15, 0.2) is 11.6 Å². The zero-order valence-electron chi connectivity index (χ0n) is 14.6. The molecule has 0 radical (unpaired) electrons. The van der Waals surface area contributed by atoms with Crippen molar-refractivity contribution in [3.05, 3.63) is 35.4 Å². The van der Waals surface area contributed by atoms with Gasteiger partial charge >= 0.3 is 6.03 Å². The van der Waals surface area contributed by atoms with Gasteiger partial charge in [-0.15, -0.1) is 0 Å². The smallest absolute Gasteiger partial charge is 0.321 e. The van der Waals surface area contributed by atoms with Gasteiger partial charge in [0.05, 0.1) is 6.04 Å². The van der Waals surface area contributed by atoms with Crippen LogP contribution in [0.4, 0.5) is 13.6 Å². The minimum Gasteiger partial charge on any atom is -0.335 e. The summed E-state index contributed by atoms with van der Waals surface area (Å²) in [4.78, 5) is 24.0. The molecule has 5 nitrogen and oxygen atoms in total. The quantitative estimate of drug-likeness (QED) is 0.761. The summed E-state index contributed by atoms with van der Waals surface area (Å²) in [6, 6.07) is 2.17. The van der Waals surface area contributed by atoms with E-state index in [0.29, 0.717) is 5.56 Å². The highest BCUT2D eigenvalue weighted by Crippen LogP contribution is 2.18. The average molecular weight is 353 g/mol. The minimum atomic E-state index is -0.935. The van der Waals surface area contributed by atoms with E-state index in [1.165, 1.54) is 12.5 Å². The third-order valence-electron chi connectivity index (χ3n) is 4.51. The Morgan fingerprint density at radius 2 is 1.76 bits per heavy atom. The lowest BCUT2D eigenvalue weighted by atomic mass is 9.96. The number of hydrogen-bond donors (Lipinski definition) is 3. The summed E-state index contributed by atoms with van der Waals surface area (Å²) in [7, 11) is 0. The van der Waals surface area contributed by atoms with Crippen molar-refractivity contribution < 1.29 is 18.4 Å². The van der Waals surface area contributed by atoms with Crippen LogP contribution in [-0.4, -0.2) is 24.0 Å². The molecule has 1 saturated carbocycles. The number of urea groups is 1. The minimum absolute atomic E-state index is 0.117. The van der Waals surface area contributed by atoms with Crippen LogP contribution in [0.2, 0.25) is 0 Å². The van der Waals surface area contributed by atoms with Crippen molar-refractivity contribution >= 4 is 11.9 Å². The van der Waals surface area contributed by atoms with Gasteiger partial charge in [0, 0.05) is 12.1 Å². The van der Waals surface area contributed by atoms with Crippen LogP contribution in [0.25, 0.3) is 0 Å². The van der Waals surface area contributed by atoms with Gasteiger partial charge in [0.1, 0.15) is 0 Å². The van der Waals surface area contributed by atoms with Crippen LogP contribution in [0.3, 0.4) is 0 Å². The van der Waals surface area contributed by atoms with Gasteiger partial charge < -0.3 is 5.32 Å². The third-order valence-corrected chi connectivity index (χ3v) is 4.51. The zero-order chi connectivity index (χ0) is 18.4. The summed E-state index contributed by atoms with van der Waals surface area (Å²) in [5.74, 6) is -2.32. The maximum Gasteiger partial charge on any atom is 0.321 e. The van der Waals surface area contributed by atoms with Gasteiger partial charge in [-0.3, -0.25) is 15.4 Å². The molecule has 25 heavy (non-hydrogen) atoms. The Morgan fingerprint density at radius 1 is 1.08 bits per heavy atom. The van der Waals surface area contributed by atoms with Crippen molar-refractivity contribution in [3.8, 4) is 0 Å². The van der Waals surface area contributed by atoms with Gasteiger partial charge in [0.2, 0.25) is 5.91 Å². The number of amides is 3. The lowest BCUT2D eigenvalue weighted by Crippen LogP contribution is -2.50. The number of carbonyl (C=O) groups is 2. The largest absolute Gasteiger partial charge is 0.335 e. The highest BCUT2D eigenvalue weighted by Gasteiger charge is 2.21. The molecule has 0 heterocycles. The predicted molar refractivity (Wildman–Crippen MR) is 90.9 cm³/mol. The molecule has 2 atom stereocenters. The van der Waals surface area contributed by atoms with E-state index in [-0.39, 0.29) is 12.1 Å². The Balaban J connectivity index is 1.82. The molecule has 1 aliphatic rings. The van der Waals surface area contributed by atoms with Gasteiger partial charge in [-0.05, 0) is 44.4 Å². The maximum atomic E-state index is 13.3. The molecular formula is C18H25F2N3O2. The molecule has 0 aromatic heterocycles. The lowest BCUT2D eigenvalue weighted by Gasteiger charge is -2.24. The number of hydrogen-bond acceptors (Lipinski definition) is 3. The lowest BCUT2D eigenvalue weighted by molar-refractivity contribution is -0.121. The first-order valence-corrected chi connectivity index (χ1v) is 8.69. The van der Waals surface area contributed by atoms with Crippen molar-refractivity contribution in [2.75, 3.05) is 0 Å². The van der Waals surface area contributed by atoms with Gasteiger partial charge in [-0.1, -0.05) is 25.3 Å². The van der Waals surface area contributed by atoms with Crippen LogP contribution in [0.15, 0.2) is 18.2 Å². The first kappa shape index (κ1) is 19.3. The zero-order valence-corrected chi connectivity index (χ0v) is 14.6. The predicted octanol–water partition coefficient (Wildman–Crippen LogP) is 3.16. The Morgan fingerprint density at radius 3 is 2.40 bits per heavy atom. The van der Waals surface area contributed by atoms with E-state index in [0.717, 1.165) is 37.8 Å². The number of halogens is 2. The SMILES string of the molecule is C[C@@H](N[C@H](C)c1ccc(F)c(F)c1)C(=O)NC(=O)NC1CCCCC1. The molecule has 0 saturated heterocycles. The molecule has 1 aromatic rings. The highest BCUT2D eigenvalue weighted by molar-refractivity contribution is 5.96. The second-order valence-corrected chi connectivity index (χ2v) is 6.58. The Hall–Kier alpha value is -2.02. The number of rotatable bonds is 5. The van der Waals surface area contributed by atoms with Crippen LogP contribution in [0.1, 0.15) is 57.6 Å². The van der Waals surface area contributed by atoms with Crippen molar-refractivity contribution in [2.24, 2.45) is 0 Å². The molecule has 1 fully saturated rings. The molecule has 1 aliphatic carbocycles. The van der Waals surface area contributed by atoms with E-state index in [9.17, 15) is 18.4 Å². The molecule has 3 N–H and O–H groups in total. The molecule has 7 heteroatoms. The van der Waals surface area contributed by atoms with Crippen LogP contribution in [0.5, 0.6) is 0 Å². The third kappa shape index (κ3) is 5.77. The van der Waals surface area contributed by atoms with Crippen molar-refractivity contribution in [3.63, 3.8) is 0 Å². The number of carbonyl (C=O) groups excluding carboxylic acids is 2. The normalized spacial score (nSPS) is 17.6. The molecular weight excluding hydrogens is 328 g/mol. The van der Waals surface area contributed by atoms with Gasteiger partial charge in [-0.2, -0.15) is 0 Å². The molecule has 1 aromatic carbocycles. The van der Waals surface area contributed by atoms with Crippen molar-refractivity contribution in [2.45, 2.75) is 64.1 Å². The van der Waals surface area contributed by atoms with Crippen molar-refractivity contribution in [1.29, 1.82) is 0 Å². The second kappa shape index (κ2) is 8.89. The summed E-state index contributed by atoms with van der Waals surface area (Å²) < 4.78 is 26.3. The van der Waals surface area contributed by atoms with Crippen molar-refractivity contribution in [1.82, 2.24) is 16.0 Å². The number of benzene rings is 1. The second-order valence-electron chi connectivity index (χ2n) is 6.58. The fourth-order valence-corrected chi connectivity index (χ4v) is 3.02. The van der Waals surface area contributed by atoms with E-state index < -0.39 is 29.6 Å². The Kier molecular flexibility index (Phi) is 6.87. The van der Waals surface area contributed by atoms with Crippen LogP contribution in [0, 0.1) is 11.6 Å². The van der Waals surface area contributed by atoms with Crippen LogP contribution >= 0.6 is 0 Å². The van der Waals surface area contributed by atoms with E-state index in [1.807, 2.05) is 0 Å². The van der Waals surface area contributed by atoms with E-state index in [1.54, 1.807) is 13.8 Å². The molecule has 0 unspecified atom stereocenters. The first-order valence-electron chi connectivity index (χ1n) is 8.69. The van der Waals surface area contributed by atoms with E-state index >= 15 is 0 Å². The van der Waals surface area contributed by atoms with Gasteiger partial charge in [0.25, 0.3) is 0 Å². The van der Waals surface area contributed by atoms with Gasteiger partial charge in [-0.25, -0.2) is 13.6 Å². The Labute approximate surface area is 146 Å². The summed E-state index contributed by atoms with van der Waals surface area (Å²) >= 11 is 0. The van der Waals surface area contributed by atoms with Crippen LogP contribution in [-0.2, 0) is 4.79 Å². The summed E-state index contributed by atoms with van der Waals surface area (Å²) in [6.07, 6.45) is 5.22.